The predicted molar refractivity (Wildman–Crippen MR) is 98.8 cm³/mol. The van der Waals surface area contributed by atoms with E-state index in [1.807, 2.05) is 0 Å². The summed E-state index contributed by atoms with van der Waals surface area (Å²) in [6.45, 7) is 6.64. The van der Waals surface area contributed by atoms with E-state index in [0.29, 0.717) is 13.1 Å². The van der Waals surface area contributed by atoms with Gasteiger partial charge in [-0.05, 0) is 51.3 Å². The molecular formula is C18H27N3O4S. The average Bonchev–Trinajstić information content (AvgIpc) is 2.59. The molecule has 7 nitrogen and oxygen atoms in total. The van der Waals surface area contributed by atoms with Gasteiger partial charge in [0.1, 0.15) is 0 Å². The van der Waals surface area contributed by atoms with Gasteiger partial charge in [0.2, 0.25) is 10.0 Å². The highest BCUT2D eigenvalue weighted by Crippen LogP contribution is 2.20. The molecule has 1 fully saturated rings. The summed E-state index contributed by atoms with van der Waals surface area (Å²) in [5, 5.41) is 5.12. The van der Waals surface area contributed by atoms with Gasteiger partial charge < -0.3 is 10.6 Å². The molecule has 8 heteroatoms. The second kappa shape index (κ2) is 8.18. The molecule has 1 heterocycles. The van der Waals surface area contributed by atoms with Crippen LogP contribution in [0.25, 0.3) is 0 Å². The van der Waals surface area contributed by atoms with E-state index in [-0.39, 0.29) is 11.4 Å². The largest absolute Gasteiger partial charge is 0.344 e. The molecule has 26 heavy (non-hydrogen) atoms. The molecule has 0 spiro atoms. The van der Waals surface area contributed by atoms with Gasteiger partial charge in [0.05, 0.1) is 4.90 Å². The van der Waals surface area contributed by atoms with Gasteiger partial charge in [-0.3, -0.25) is 9.59 Å². The molecule has 2 amide bonds. The number of rotatable bonds is 4. The number of nitrogens with one attached hydrogen (secondary N) is 2. The van der Waals surface area contributed by atoms with Crippen molar-refractivity contribution < 1.29 is 18.0 Å². The van der Waals surface area contributed by atoms with Gasteiger partial charge in [0.15, 0.2) is 0 Å². The van der Waals surface area contributed by atoms with E-state index >= 15 is 0 Å². The van der Waals surface area contributed by atoms with E-state index in [1.165, 1.54) is 4.31 Å². The Bertz CT molecular complexity index is 746. The topological polar surface area (TPSA) is 95.6 Å². The van der Waals surface area contributed by atoms with Crippen molar-refractivity contribution >= 4 is 21.8 Å². The molecule has 1 saturated heterocycles. The van der Waals surface area contributed by atoms with Crippen LogP contribution < -0.4 is 10.6 Å². The molecule has 0 bridgehead atoms. The summed E-state index contributed by atoms with van der Waals surface area (Å²) in [7, 11) is -3.46. The van der Waals surface area contributed by atoms with Crippen molar-refractivity contribution in [3.8, 4) is 0 Å². The van der Waals surface area contributed by atoms with E-state index in [4.69, 9.17) is 0 Å². The third kappa shape index (κ3) is 5.54. The zero-order chi connectivity index (χ0) is 19.4. The molecule has 0 radical (unpaired) electrons. The highest BCUT2D eigenvalue weighted by Gasteiger charge is 2.25. The molecule has 0 atom stereocenters. The van der Waals surface area contributed by atoms with Crippen molar-refractivity contribution in [3.63, 3.8) is 0 Å². The van der Waals surface area contributed by atoms with Crippen LogP contribution in [-0.2, 0) is 26.2 Å². The van der Waals surface area contributed by atoms with Gasteiger partial charge in [-0.1, -0.05) is 18.6 Å². The second-order valence-corrected chi connectivity index (χ2v) is 9.43. The minimum Gasteiger partial charge on any atom is -0.344 e. The molecule has 0 aliphatic carbocycles. The summed E-state index contributed by atoms with van der Waals surface area (Å²) >= 11 is 0. The van der Waals surface area contributed by atoms with Crippen LogP contribution in [-0.4, -0.2) is 43.2 Å². The fraction of sp³-hybridized carbons (Fsp3) is 0.556. The third-order valence-electron chi connectivity index (χ3n) is 4.02. The first-order valence-electron chi connectivity index (χ1n) is 8.79. The Morgan fingerprint density at radius 3 is 2.12 bits per heavy atom. The predicted octanol–water partition coefficient (Wildman–Crippen LogP) is 1.39. The minimum absolute atomic E-state index is 0.153. The zero-order valence-electron chi connectivity index (χ0n) is 15.5. The molecule has 0 unspecified atom stereocenters. The number of sulfonamides is 1. The first-order valence-corrected chi connectivity index (χ1v) is 10.2. The Hall–Kier alpha value is -1.93. The maximum absolute atomic E-state index is 12.6. The van der Waals surface area contributed by atoms with Gasteiger partial charge in [-0.25, -0.2) is 8.42 Å². The van der Waals surface area contributed by atoms with Crippen molar-refractivity contribution in [2.75, 3.05) is 13.1 Å². The van der Waals surface area contributed by atoms with Gasteiger partial charge in [-0.15, -0.1) is 0 Å². The fourth-order valence-corrected chi connectivity index (χ4v) is 4.21. The van der Waals surface area contributed by atoms with E-state index in [9.17, 15) is 18.0 Å². The number of carbonyl (C=O) groups is 2. The van der Waals surface area contributed by atoms with Gasteiger partial charge in [0, 0.05) is 25.2 Å². The summed E-state index contributed by atoms with van der Waals surface area (Å²) in [6, 6.07) is 6.39. The number of hydrogen-bond acceptors (Lipinski definition) is 4. The van der Waals surface area contributed by atoms with E-state index in [2.05, 4.69) is 10.6 Å². The molecule has 1 aromatic rings. The SMILES string of the molecule is CC(C)(C)NC(=O)C(=O)NCc1ccc(S(=O)(=O)N2CCCCC2)cc1. The summed E-state index contributed by atoms with van der Waals surface area (Å²) in [4.78, 5) is 23.8. The lowest BCUT2D eigenvalue weighted by Gasteiger charge is -2.25. The first-order chi connectivity index (χ1) is 12.1. The second-order valence-electron chi connectivity index (χ2n) is 7.50. The monoisotopic (exact) mass is 381 g/mol. The van der Waals surface area contributed by atoms with Crippen molar-refractivity contribution in [3.05, 3.63) is 29.8 Å². The molecule has 144 valence electrons. The molecule has 1 aromatic carbocycles. The van der Waals surface area contributed by atoms with Crippen LogP contribution in [0.2, 0.25) is 0 Å². The van der Waals surface area contributed by atoms with E-state index in [1.54, 1.807) is 45.0 Å². The van der Waals surface area contributed by atoms with Gasteiger partial charge in [-0.2, -0.15) is 4.31 Å². The number of benzene rings is 1. The molecule has 0 aromatic heterocycles. The lowest BCUT2D eigenvalue weighted by Crippen LogP contribution is -2.48. The number of amides is 2. The molecule has 2 rings (SSSR count). The summed E-state index contributed by atoms with van der Waals surface area (Å²) in [5.41, 5.74) is 0.235. The number of piperidine rings is 1. The summed E-state index contributed by atoms with van der Waals surface area (Å²) < 4.78 is 26.7. The molecule has 2 N–H and O–H groups in total. The van der Waals surface area contributed by atoms with E-state index < -0.39 is 27.4 Å². The fourth-order valence-electron chi connectivity index (χ4n) is 2.69. The van der Waals surface area contributed by atoms with Crippen LogP contribution >= 0.6 is 0 Å². The Labute approximate surface area is 155 Å². The number of carbonyl (C=O) groups excluding carboxylic acids is 2. The lowest BCUT2D eigenvalue weighted by molar-refractivity contribution is -0.140. The Balaban J connectivity index is 1.95. The quantitative estimate of drug-likeness (QED) is 0.771. The molecule has 1 aliphatic rings. The number of nitrogens with zero attached hydrogens (tertiary/aromatic N) is 1. The average molecular weight is 381 g/mol. The maximum Gasteiger partial charge on any atom is 0.309 e. The molecule has 1 aliphatic heterocycles. The third-order valence-corrected chi connectivity index (χ3v) is 5.94. The smallest absolute Gasteiger partial charge is 0.309 e. The van der Waals surface area contributed by atoms with Crippen molar-refractivity contribution in [2.45, 2.75) is 57.0 Å². The van der Waals surface area contributed by atoms with Gasteiger partial charge in [0.25, 0.3) is 0 Å². The highest BCUT2D eigenvalue weighted by molar-refractivity contribution is 7.89. The maximum atomic E-state index is 12.6. The van der Waals surface area contributed by atoms with Crippen LogP contribution in [0.15, 0.2) is 29.2 Å². The molecule has 0 saturated carbocycles. The molecular weight excluding hydrogens is 354 g/mol. The Morgan fingerprint density at radius 2 is 1.58 bits per heavy atom. The summed E-state index contributed by atoms with van der Waals surface area (Å²) in [6.07, 6.45) is 2.84. The van der Waals surface area contributed by atoms with Crippen LogP contribution in [0, 0.1) is 0 Å². The van der Waals surface area contributed by atoms with Crippen molar-refractivity contribution in [1.29, 1.82) is 0 Å². The van der Waals surface area contributed by atoms with Crippen molar-refractivity contribution in [2.24, 2.45) is 0 Å². The first kappa shape index (κ1) is 20.4. The lowest BCUT2D eigenvalue weighted by atomic mass is 10.1. The number of hydrogen-bond donors (Lipinski definition) is 2. The van der Waals surface area contributed by atoms with Crippen LogP contribution in [0.3, 0.4) is 0 Å². The minimum atomic E-state index is -3.46. The Kier molecular flexibility index (Phi) is 6.41. The van der Waals surface area contributed by atoms with Gasteiger partial charge >= 0.3 is 11.8 Å². The standard InChI is InChI=1S/C18H27N3O4S/c1-18(2,3)20-17(23)16(22)19-13-14-7-9-15(10-8-14)26(24,25)21-11-5-4-6-12-21/h7-10H,4-6,11-13H2,1-3H3,(H,19,22)(H,20,23). The Morgan fingerprint density at radius 1 is 1.00 bits per heavy atom. The van der Waals surface area contributed by atoms with Crippen molar-refractivity contribution in [1.82, 2.24) is 14.9 Å². The normalized spacial score (nSPS) is 16.1. The van der Waals surface area contributed by atoms with Crippen LogP contribution in [0.5, 0.6) is 0 Å². The summed E-state index contributed by atoms with van der Waals surface area (Å²) in [5.74, 6) is -1.41. The van der Waals surface area contributed by atoms with E-state index in [0.717, 1.165) is 24.8 Å². The highest BCUT2D eigenvalue weighted by atomic mass is 32.2. The van der Waals surface area contributed by atoms with Crippen LogP contribution in [0.1, 0.15) is 45.6 Å². The zero-order valence-corrected chi connectivity index (χ0v) is 16.4. The van der Waals surface area contributed by atoms with Crippen LogP contribution in [0.4, 0.5) is 0 Å².